The van der Waals surface area contributed by atoms with Gasteiger partial charge in [-0.1, -0.05) is 23.2 Å². The second-order valence-electron chi connectivity index (χ2n) is 5.22. The molecule has 0 bridgehead atoms. The van der Waals surface area contributed by atoms with Gasteiger partial charge in [0.25, 0.3) is 0 Å². The lowest BCUT2D eigenvalue weighted by Crippen LogP contribution is -2.36. The van der Waals surface area contributed by atoms with E-state index in [9.17, 15) is 8.78 Å². The monoisotopic (exact) mass is 390 g/mol. The van der Waals surface area contributed by atoms with E-state index in [2.05, 4.69) is 20.4 Å². The van der Waals surface area contributed by atoms with Crippen LogP contribution in [0.3, 0.4) is 0 Å². The van der Waals surface area contributed by atoms with Crippen LogP contribution in [0.2, 0.25) is 10.0 Å². The molecule has 136 valence electrons. The Morgan fingerprint density at radius 2 is 2.00 bits per heavy atom. The highest BCUT2D eigenvalue weighted by Crippen LogP contribution is 2.33. The summed E-state index contributed by atoms with van der Waals surface area (Å²) >= 11 is 11.9. The summed E-state index contributed by atoms with van der Waals surface area (Å²) in [6, 6.07) is 4.85. The van der Waals surface area contributed by atoms with Crippen LogP contribution in [0.25, 0.3) is 0 Å². The molecule has 0 spiro atoms. The van der Waals surface area contributed by atoms with Crippen molar-refractivity contribution in [1.82, 2.24) is 15.2 Å². The molecule has 0 aliphatic carbocycles. The Balaban J connectivity index is 2.03. The summed E-state index contributed by atoms with van der Waals surface area (Å²) in [5.74, 6) is 0.398. The fraction of sp³-hybridized carbons (Fsp3) is 0.312. The zero-order chi connectivity index (χ0) is 18.4. The molecule has 2 aromatic rings. The fourth-order valence-corrected chi connectivity index (χ4v) is 2.80. The van der Waals surface area contributed by atoms with Crippen molar-refractivity contribution in [2.45, 2.75) is 19.7 Å². The third-order valence-electron chi connectivity index (χ3n) is 3.32. The van der Waals surface area contributed by atoms with Crippen molar-refractivity contribution in [1.29, 1.82) is 0 Å². The zero-order valence-corrected chi connectivity index (χ0v) is 15.2. The largest absolute Gasteiger partial charge is 0.433 e. The van der Waals surface area contributed by atoms with E-state index >= 15 is 0 Å². The number of ether oxygens (including phenoxy) is 1. The molecule has 0 unspecified atom stereocenters. The van der Waals surface area contributed by atoms with Gasteiger partial charge < -0.3 is 19.9 Å². The number of halogens is 4. The third kappa shape index (κ3) is 5.79. The van der Waals surface area contributed by atoms with E-state index in [-0.39, 0.29) is 17.3 Å². The molecule has 25 heavy (non-hydrogen) atoms. The molecular weight excluding hydrogens is 373 g/mol. The first kappa shape index (κ1) is 19.3. The number of hydrogen-bond acceptors (Lipinski definition) is 2. The van der Waals surface area contributed by atoms with E-state index in [0.717, 1.165) is 5.56 Å². The van der Waals surface area contributed by atoms with Gasteiger partial charge in [-0.2, -0.15) is 8.78 Å². The van der Waals surface area contributed by atoms with Crippen LogP contribution in [0.5, 0.6) is 5.75 Å². The van der Waals surface area contributed by atoms with Crippen molar-refractivity contribution < 1.29 is 13.5 Å². The van der Waals surface area contributed by atoms with Crippen LogP contribution >= 0.6 is 23.2 Å². The summed E-state index contributed by atoms with van der Waals surface area (Å²) in [5, 5.41) is 6.50. The van der Waals surface area contributed by atoms with Gasteiger partial charge in [0.1, 0.15) is 5.75 Å². The molecule has 0 atom stereocenters. The molecular formula is C16H18Cl2F2N4O. The number of nitrogens with zero attached hydrogens (tertiary/aromatic N) is 2. The van der Waals surface area contributed by atoms with Crippen molar-refractivity contribution in [3.63, 3.8) is 0 Å². The lowest BCUT2D eigenvalue weighted by molar-refractivity contribution is -0.0504. The number of guanidine groups is 1. The van der Waals surface area contributed by atoms with Crippen LogP contribution in [-0.4, -0.2) is 24.2 Å². The van der Waals surface area contributed by atoms with Gasteiger partial charge in [-0.3, -0.25) is 4.99 Å². The van der Waals surface area contributed by atoms with Crippen LogP contribution in [0.15, 0.2) is 35.6 Å². The normalized spacial score (nSPS) is 11.7. The summed E-state index contributed by atoms with van der Waals surface area (Å²) in [6.45, 7) is -2.25. The number of aryl methyl sites for hydroxylation is 1. The van der Waals surface area contributed by atoms with Crippen LogP contribution in [0, 0.1) is 0 Å². The van der Waals surface area contributed by atoms with Gasteiger partial charge in [0.2, 0.25) is 0 Å². The summed E-state index contributed by atoms with van der Waals surface area (Å²) in [6.07, 6.45) is 3.92. The SMILES string of the molecule is CN=C(NCc1ccn(C)c1)NCc1cc(Cl)cc(Cl)c1OC(F)F. The molecule has 0 aliphatic rings. The Labute approximate surface area is 154 Å². The molecule has 0 radical (unpaired) electrons. The topological polar surface area (TPSA) is 50.6 Å². The van der Waals surface area contributed by atoms with Gasteiger partial charge in [-0.05, 0) is 23.8 Å². The Kier molecular flexibility index (Phi) is 6.90. The Morgan fingerprint density at radius 1 is 1.28 bits per heavy atom. The number of aromatic nitrogens is 1. The van der Waals surface area contributed by atoms with Gasteiger partial charge in [0, 0.05) is 50.2 Å². The molecule has 5 nitrogen and oxygen atoms in total. The molecule has 0 amide bonds. The van der Waals surface area contributed by atoms with Gasteiger partial charge in [-0.15, -0.1) is 0 Å². The molecule has 9 heteroatoms. The van der Waals surface area contributed by atoms with E-state index in [1.807, 2.05) is 30.1 Å². The number of rotatable bonds is 6. The summed E-state index contributed by atoms with van der Waals surface area (Å²) in [4.78, 5) is 4.09. The molecule has 0 saturated heterocycles. The quantitative estimate of drug-likeness (QED) is 0.582. The second-order valence-corrected chi connectivity index (χ2v) is 6.06. The molecule has 1 heterocycles. The second kappa shape index (κ2) is 8.92. The first-order chi connectivity index (χ1) is 11.9. The number of benzene rings is 1. The molecule has 0 saturated carbocycles. The average molecular weight is 391 g/mol. The fourth-order valence-electron chi connectivity index (χ4n) is 2.22. The Hall–Kier alpha value is -1.99. The lowest BCUT2D eigenvalue weighted by atomic mass is 10.2. The maximum absolute atomic E-state index is 12.6. The average Bonchev–Trinajstić information content (AvgIpc) is 2.95. The first-order valence-electron chi connectivity index (χ1n) is 7.37. The maximum atomic E-state index is 12.6. The van der Waals surface area contributed by atoms with Gasteiger partial charge in [-0.25, -0.2) is 0 Å². The van der Waals surface area contributed by atoms with E-state index < -0.39 is 6.61 Å². The number of aliphatic imine (C=N–C) groups is 1. The lowest BCUT2D eigenvalue weighted by Gasteiger charge is -2.16. The molecule has 2 N–H and O–H groups in total. The minimum absolute atomic E-state index is 0.0248. The van der Waals surface area contributed by atoms with Crippen LogP contribution < -0.4 is 15.4 Å². The molecule has 2 rings (SSSR count). The van der Waals surface area contributed by atoms with Crippen molar-refractivity contribution in [3.05, 3.63) is 51.8 Å². The van der Waals surface area contributed by atoms with Crippen molar-refractivity contribution in [2.24, 2.45) is 12.0 Å². The van der Waals surface area contributed by atoms with Crippen LogP contribution in [0.4, 0.5) is 8.78 Å². The predicted octanol–water partition coefficient (Wildman–Crippen LogP) is 3.80. The predicted molar refractivity (Wildman–Crippen MR) is 95.5 cm³/mol. The highest BCUT2D eigenvalue weighted by atomic mass is 35.5. The third-order valence-corrected chi connectivity index (χ3v) is 3.81. The van der Waals surface area contributed by atoms with Crippen LogP contribution in [0.1, 0.15) is 11.1 Å². The number of hydrogen-bond donors (Lipinski definition) is 2. The van der Waals surface area contributed by atoms with Crippen molar-refractivity contribution in [3.8, 4) is 5.75 Å². The molecule has 1 aromatic carbocycles. The molecule has 0 fully saturated rings. The number of alkyl halides is 2. The van der Waals surface area contributed by atoms with Gasteiger partial charge in [0.05, 0.1) is 5.02 Å². The summed E-state index contributed by atoms with van der Waals surface area (Å²) in [7, 11) is 3.55. The number of nitrogens with one attached hydrogen (secondary N) is 2. The van der Waals surface area contributed by atoms with E-state index in [0.29, 0.717) is 23.1 Å². The van der Waals surface area contributed by atoms with E-state index in [4.69, 9.17) is 23.2 Å². The van der Waals surface area contributed by atoms with Crippen molar-refractivity contribution in [2.75, 3.05) is 7.05 Å². The first-order valence-corrected chi connectivity index (χ1v) is 8.12. The molecule has 1 aromatic heterocycles. The highest BCUT2D eigenvalue weighted by molar-refractivity contribution is 6.35. The summed E-state index contributed by atoms with van der Waals surface area (Å²) in [5.41, 5.74) is 1.48. The standard InChI is InChI=1S/C16H18Cl2F2N4O/c1-21-16(22-7-10-3-4-24(2)9-10)23-8-11-5-12(17)6-13(18)14(11)25-15(19)20/h3-6,9,15H,7-8H2,1-2H3,(H2,21,22,23). The van der Waals surface area contributed by atoms with Gasteiger partial charge in [0.15, 0.2) is 5.96 Å². The van der Waals surface area contributed by atoms with E-state index in [1.165, 1.54) is 12.1 Å². The maximum Gasteiger partial charge on any atom is 0.387 e. The Bertz CT molecular complexity index is 750. The Morgan fingerprint density at radius 3 is 2.60 bits per heavy atom. The minimum atomic E-state index is -2.98. The van der Waals surface area contributed by atoms with Crippen molar-refractivity contribution >= 4 is 29.2 Å². The smallest absolute Gasteiger partial charge is 0.387 e. The minimum Gasteiger partial charge on any atom is -0.433 e. The molecule has 0 aliphatic heterocycles. The van der Waals surface area contributed by atoms with Gasteiger partial charge >= 0.3 is 6.61 Å². The highest BCUT2D eigenvalue weighted by Gasteiger charge is 2.15. The zero-order valence-electron chi connectivity index (χ0n) is 13.7. The summed E-state index contributed by atoms with van der Waals surface area (Å²) < 4.78 is 31.6. The van der Waals surface area contributed by atoms with Crippen LogP contribution in [-0.2, 0) is 20.1 Å². The van der Waals surface area contributed by atoms with E-state index in [1.54, 1.807) is 7.05 Å².